The molecule has 26 heavy (non-hydrogen) atoms. The molecule has 0 saturated heterocycles. The highest BCUT2D eigenvalue weighted by Gasteiger charge is 2.26. The van der Waals surface area contributed by atoms with Gasteiger partial charge in [-0.1, -0.05) is 30.3 Å². The number of nitrogens with zero attached hydrogens (tertiary/aromatic N) is 1. The molecule has 1 heterocycles. The maximum Gasteiger partial charge on any atom is 0.421 e. The summed E-state index contributed by atoms with van der Waals surface area (Å²) < 4.78 is 45.2. The number of hydrogen-bond acceptors (Lipinski definition) is 4. The van der Waals surface area contributed by atoms with E-state index in [4.69, 9.17) is 4.42 Å². The van der Waals surface area contributed by atoms with Gasteiger partial charge in [0.1, 0.15) is 10.7 Å². The molecule has 2 aromatic carbocycles. The summed E-state index contributed by atoms with van der Waals surface area (Å²) in [6, 6.07) is 16.1. The van der Waals surface area contributed by atoms with Gasteiger partial charge in [-0.15, -0.1) is 0 Å². The van der Waals surface area contributed by atoms with E-state index in [1.807, 2.05) is 0 Å². The number of halogens is 1. The van der Waals surface area contributed by atoms with Gasteiger partial charge in [0.15, 0.2) is 12.5 Å². The summed E-state index contributed by atoms with van der Waals surface area (Å²) in [6.07, 6.45) is 1.38. The lowest BCUT2D eigenvalue weighted by atomic mass is 10.2. The molecule has 132 valence electrons. The van der Waals surface area contributed by atoms with Gasteiger partial charge in [-0.05, 0) is 42.0 Å². The minimum absolute atomic E-state index is 0.0201. The smallest absolute Gasteiger partial charge is 0.401 e. The van der Waals surface area contributed by atoms with E-state index in [0.29, 0.717) is 10.3 Å². The van der Waals surface area contributed by atoms with Crippen molar-refractivity contribution in [3.05, 3.63) is 83.9 Å². The van der Waals surface area contributed by atoms with Gasteiger partial charge in [0.25, 0.3) is 0 Å². The molecule has 7 heteroatoms. The third-order valence-electron chi connectivity index (χ3n) is 3.60. The number of sulfone groups is 1. The highest BCUT2D eigenvalue weighted by atomic mass is 32.2. The average Bonchev–Trinajstić information content (AvgIpc) is 3.12. The number of rotatable bonds is 5. The zero-order chi connectivity index (χ0) is 18.7. The minimum Gasteiger partial charge on any atom is -0.401 e. The van der Waals surface area contributed by atoms with Crippen molar-refractivity contribution in [3.63, 3.8) is 0 Å². The summed E-state index contributed by atoms with van der Waals surface area (Å²) in [7, 11) is -3.92. The first-order valence-corrected chi connectivity index (χ1v) is 9.03. The van der Waals surface area contributed by atoms with Crippen molar-refractivity contribution in [1.82, 2.24) is 0 Å². The van der Waals surface area contributed by atoms with Gasteiger partial charge in [0, 0.05) is 4.74 Å². The van der Waals surface area contributed by atoms with Crippen LogP contribution in [0.2, 0.25) is 0 Å². The predicted molar refractivity (Wildman–Crippen MR) is 95.4 cm³/mol. The van der Waals surface area contributed by atoms with E-state index in [-0.39, 0.29) is 21.4 Å². The Morgan fingerprint density at radius 3 is 2.27 bits per heavy atom. The van der Waals surface area contributed by atoms with Gasteiger partial charge in [-0.25, -0.2) is 12.8 Å². The predicted octanol–water partition coefficient (Wildman–Crippen LogP) is 4.12. The summed E-state index contributed by atoms with van der Waals surface area (Å²) in [6.45, 7) is 3.28. The fourth-order valence-corrected chi connectivity index (χ4v) is 3.75. The highest BCUT2D eigenvalue weighted by Crippen LogP contribution is 2.32. The van der Waals surface area contributed by atoms with Crippen molar-refractivity contribution in [2.45, 2.75) is 4.90 Å². The molecule has 0 atom stereocenters. The average molecular weight is 372 g/mol. The first kappa shape index (κ1) is 17.6. The molecule has 3 aromatic rings. The van der Waals surface area contributed by atoms with E-state index in [0.717, 1.165) is 0 Å². The Morgan fingerprint density at radius 1 is 1.04 bits per heavy atom. The zero-order valence-electron chi connectivity index (χ0n) is 13.5. The Balaban J connectivity index is 2.18. The number of benzene rings is 2. The third kappa shape index (κ3) is 3.57. The van der Waals surface area contributed by atoms with E-state index in [1.54, 1.807) is 18.2 Å². The van der Waals surface area contributed by atoms with Crippen LogP contribution in [0, 0.1) is 5.82 Å². The van der Waals surface area contributed by atoms with Crippen LogP contribution in [0.25, 0.3) is 11.0 Å². The van der Waals surface area contributed by atoms with Crippen molar-refractivity contribution >= 4 is 33.4 Å². The second kappa shape index (κ2) is 6.97. The van der Waals surface area contributed by atoms with Crippen molar-refractivity contribution in [2.75, 3.05) is 0 Å². The molecule has 0 unspecified atom stereocenters. The first-order valence-electron chi connectivity index (χ1n) is 7.55. The molecule has 0 radical (unpaired) electrons. The lowest BCUT2D eigenvalue weighted by molar-refractivity contribution is -0.714. The third-order valence-corrected chi connectivity index (χ3v) is 5.39. The molecule has 0 bridgehead atoms. The summed E-state index contributed by atoms with van der Waals surface area (Å²) in [5, 5.41) is 9.38. The first-order chi connectivity index (χ1) is 12.4. The summed E-state index contributed by atoms with van der Waals surface area (Å²) in [4.78, 5) is -0.0369. The molecule has 0 fully saturated rings. The molecule has 3 rings (SSSR count). The van der Waals surface area contributed by atoms with Crippen LogP contribution in [0.1, 0.15) is 11.3 Å². The molecule has 0 saturated carbocycles. The lowest BCUT2D eigenvalue weighted by Crippen LogP contribution is -2.03. The zero-order valence-corrected chi connectivity index (χ0v) is 14.4. The maximum atomic E-state index is 13.1. The normalized spacial score (nSPS) is 12.1. The van der Waals surface area contributed by atoms with Gasteiger partial charge in [0.05, 0.1) is 11.0 Å². The van der Waals surface area contributed by atoms with Crippen molar-refractivity contribution in [2.24, 2.45) is 0 Å². The van der Waals surface area contributed by atoms with Crippen LogP contribution >= 0.6 is 0 Å². The molecule has 5 nitrogen and oxygen atoms in total. The minimum atomic E-state index is -3.92. The van der Waals surface area contributed by atoms with E-state index in [2.05, 4.69) is 6.72 Å². The molecule has 0 aliphatic heterocycles. The fourth-order valence-electron chi connectivity index (χ4n) is 2.32. The number of furan rings is 1. The molecular weight excluding hydrogens is 357 g/mol. The van der Waals surface area contributed by atoms with Crippen molar-refractivity contribution in [3.8, 4) is 0 Å². The standard InChI is InChI=1S/C19H15FNO4S/c1-21(22)19-12-11-17(25-19)18(13-14-7-9-15(20)10-8-14)26(23,24)16-5-3-2-4-6-16/h2-13,22H,1H2/q+1/b18-13+. The fraction of sp³-hybridized carbons (Fsp3) is 0. The van der Waals surface area contributed by atoms with E-state index < -0.39 is 15.7 Å². The summed E-state index contributed by atoms with van der Waals surface area (Å²) >= 11 is 0. The van der Waals surface area contributed by atoms with Crippen LogP contribution in [0.5, 0.6) is 0 Å². The monoisotopic (exact) mass is 372 g/mol. The highest BCUT2D eigenvalue weighted by molar-refractivity contribution is 8.00. The van der Waals surface area contributed by atoms with E-state index in [9.17, 15) is 18.0 Å². The van der Waals surface area contributed by atoms with Gasteiger partial charge >= 0.3 is 5.88 Å². The Labute approximate surface area is 149 Å². The van der Waals surface area contributed by atoms with Crippen LogP contribution in [0.3, 0.4) is 0 Å². The van der Waals surface area contributed by atoms with Gasteiger partial charge < -0.3 is 4.42 Å². The molecular formula is C19H15FNO4S+. The van der Waals surface area contributed by atoms with Crippen LogP contribution < -0.4 is 0 Å². The maximum absolute atomic E-state index is 13.1. The van der Waals surface area contributed by atoms with Crippen LogP contribution in [-0.2, 0) is 9.84 Å². The van der Waals surface area contributed by atoms with Crippen LogP contribution in [0.4, 0.5) is 10.3 Å². The van der Waals surface area contributed by atoms with E-state index >= 15 is 0 Å². The Morgan fingerprint density at radius 2 is 1.69 bits per heavy atom. The Bertz CT molecular complexity index is 1070. The second-order valence-corrected chi connectivity index (χ2v) is 7.33. The topological polar surface area (TPSA) is 70.5 Å². The molecule has 0 spiro atoms. The Kier molecular flexibility index (Phi) is 4.73. The van der Waals surface area contributed by atoms with Gasteiger partial charge in [0.2, 0.25) is 9.84 Å². The van der Waals surface area contributed by atoms with E-state index in [1.165, 1.54) is 54.6 Å². The molecule has 0 aliphatic carbocycles. The molecule has 0 aliphatic rings. The van der Waals surface area contributed by atoms with Gasteiger partial charge in [-0.2, -0.15) is 0 Å². The molecule has 1 aromatic heterocycles. The van der Waals surface area contributed by atoms with Crippen molar-refractivity contribution < 1.29 is 27.2 Å². The van der Waals surface area contributed by atoms with Crippen LogP contribution in [0.15, 0.2) is 76.0 Å². The quantitative estimate of drug-likeness (QED) is 0.316. The summed E-state index contributed by atoms with van der Waals surface area (Å²) in [5.74, 6) is -0.424. The second-order valence-electron chi connectivity index (χ2n) is 5.41. The van der Waals surface area contributed by atoms with Gasteiger partial charge in [-0.3, -0.25) is 5.21 Å². The largest absolute Gasteiger partial charge is 0.421 e. The lowest BCUT2D eigenvalue weighted by Gasteiger charge is -2.07. The molecule has 0 amide bonds. The van der Waals surface area contributed by atoms with Crippen LogP contribution in [-0.4, -0.2) is 25.1 Å². The van der Waals surface area contributed by atoms with Crippen molar-refractivity contribution in [1.29, 1.82) is 0 Å². The summed E-state index contributed by atoms with van der Waals surface area (Å²) in [5.41, 5.74) is 0.481. The Hall–Kier alpha value is -3.19. The number of hydrogen-bond donors (Lipinski definition) is 1. The SMILES string of the molecule is C=[N+](O)c1ccc(/C(=C\c2ccc(F)cc2)S(=O)(=O)c2ccccc2)o1. The molecule has 1 N–H and O–H groups in total.